The predicted molar refractivity (Wildman–Crippen MR) is 94.3 cm³/mol. The minimum Gasteiger partial charge on any atom is -0.347 e. The molecule has 1 aliphatic rings. The van der Waals surface area contributed by atoms with Gasteiger partial charge in [-0.05, 0) is 38.8 Å². The topological polar surface area (TPSA) is 54.0 Å². The van der Waals surface area contributed by atoms with Crippen LogP contribution in [0.2, 0.25) is 0 Å². The van der Waals surface area contributed by atoms with E-state index in [2.05, 4.69) is 33.1 Å². The quantitative estimate of drug-likeness (QED) is 0.854. The third-order valence-electron chi connectivity index (χ3n) is 4.28. The third kappa shape index (κ3) is 4.39. The van der Waals surface area contributed by atoms with Crippen LogP contribution in [0.15, 0.2) is 35.7 Å². The Balaban J connectivity index is 1.52. The number of carbonyl (C=O) groups is 1. The van der Waals surface area contributed by atoms with Gasteiger partial charge in [0.2, 0.25) is 5.91 Å². The molecule has 1 aromatic carbocycles. The average Bonchev–Trinajstić information content (AvgIpc) is 3.25. The van der Waals surface area contributed by atoms with E-state index in [9.17, 15) is 4.79 Å². The zero-order valence-electron chi connectivity index (χ0n) is 13.4. The van der Waals surface area contributed by atoms with Gasteiger partial charge in [-0.25, -0.2) is 4.98 Å². The Morgan fingerprint density at radius 3 is 3.00 bits per heavy atom. The number of hydrogen-bond acceptors (Lipinski definition) is 4. The monoisotopic (exact) mass is 329 g/mol. The van der Waals surface area contributed by atoms with E-state index >= 15 is 0 Å². The Hall–Kier alpha value is -1.72. The molecule has 4 nitrogen and oxygen atoms in total. The van der Waals surface area contributed by atoms with Crippen LogP contribution in [0.25, 0.3) is 11.3 Å². The van der Waals surface area contributed by atoms with Gasteiger partial charge in [0.25, 0.3) is 0 Å². The smallest absolute Gasteiger partial charge is 0.220 e. The molecule has 3 rings (SSSR count). The van der Waals surface area contributed by atoms with Crippen molar-refractivity contribution in [2.45, 2.75) is 32.2 Å². The number of amides is 1. The zero-order chi connectivity index (χ0) is 16.1. The second-order valence-electron chi connectivity index (χ2n) is 6.12. The van der Waals surface area contributed by atoms with Crippen molar-refractivity contribution < 1.29 is 4.79 Å². The molecule has 2 N–H and O–H groups in total. The SMILES string of the molecule is CC(NC(=O)CCC1CCNC1)c1nc(-c2ccccc2)cs1. The number of hydrogen-bond donors (Lipinski definition) is 2. The molecule has 2 unspecified atom stereocenters. The summed E-state index contributed by atoms with van der Waals surface area (Å²) >= 11 is 1.60. The van der Waals surface area contributed by atoms with Gasteiger partial charge in [0.1, 0.15) is 5.01 Å². The molecule has 0 bridgehead atoms. The first-order valence-electron chi connectivity index (χ1n) is 8.23. The van der Waals surface area contributed by atoms with Crippen molar-refractivity contribution in [2.75, 3.05) is 13.1 Å². The van der Waals surface area contributed by atoms with E-state index in [1.807, 2.05) is 25.1 Å². The highest BCUT2D eigenvalue weighted by molar-refractivity contribution is 7.10. The van der Waals surface area contributed by atoms with Crippen LogP contribution in [0, 0.1) is 5.92 Å². The van der Waals surface area contributed by atoms with Gasteiger partial charge >= 0.3 is 0 Å². The minimum absolute atomic E-state index is 0.0355. The fourth-order valence-corrected chi connectivity index (χ4v) is 3.73. The lowest BCUT2D eigenvalue weighted by molar-refractivity contribution is -0.122. The number of aromatic nitrogens is 1. The van der Waals surface area contributed by atoms with Gasteiger partial charge in [-0.15, -0.1) is 11.3 Å². The van der Waals surface area contributed by atoms with Crippen molar-refractivity contribution in [3.63, 3.8) is 0 Å². The van der Waals surface area contributed by atoms with Crippen molar-refractivity contribution >= 4 is 17.2 Å². The van der Waals surface area contributed by atoms with Crippen molar-refractivity contribution in [3.05, 3.63) is 40.7 Å². The molecule has 2 heterocycles. The summed E-state index contributed by atoms with van der Waals surface area (Å²) < 4.78 is 0. The summed E-state index contributed by atoms with van der Waals surface area (Å²) in [5.41, 5.74) is 2.09. The summed E-state index contributed by atoms with van der Waals surface area (Å²) in [6, 6.07) is 10.1. The van der Waals surface area contributed by atoms with Crippen molar-refractivity contribution in [1.29, 1.82) is 0 Å². The molecule has 0 radical (unpaired) electrons. The van der Waals surface area contributed by atoms with Crippen molar-refractivity contribution in [1.82, 2.24) is 15.6 Å². The predicted octanol–water partition coefficient (Wildman–Crippen LogP) is 3.38. The number of thiazole rings is 1. The second-order valence-corrected chi connectivity index (χ2v) is 7.01. The summed E-state index contributed by atoms with van der Waals surface area (Å²) in [6.45, 7) is 4.14. The maximum atomic E-state index is 12.1. The van der Waals surface area contributed by atoms with Gasteiger partial charge in [-0.2, -0.15) is 0 Å². The number of rotatable bonds is 6. The van der Waals surface area contributed by atoms with Gasteiger partial charge < -0.3 is 10.6 Å². The summed E-state index contributed by atoms with van der Waals surface area (Å²) in [5, 5.41) is 9.43. The highest BCUT2D eigenvalue weighted by atomic mass is 32.1. The molecule has 2 aromatic rings. The van der Waals surface area contributed by atoms with E-state index in [4.69, 9.17) is 0 Å². The minimum atomic E-state index is -0.0355. The lowest BCUT2D eigenvalue weighted by Crippen LogP contribution is -2.27. The maximum absolute atomic E-state index is 12.1. The number of carbonyl (C=O) groups excluding carboxylic acids is 1. The van der Waals surface area contributed by atoms with E-state index in [1.54, 1.807) is 11.3 Å². The van der Waals surface area contributed by atoms with E-state index in [0.717, 1.165) is 35.8 Å². The van der Waals surface area contributed by atoms with Crippen LogP contribution in [0.1, 0.15) is 37.2 Å². The van der Waals surface area contributed by atoms with E-state index in [-0.39, 0.29) is 11.9 Å². The molecule has 1 saturated heterocycles. The first kappa shape index (κ1) is 16.1. The number of nitrogens with one attached hydrogen (secondary N) is 2. The fraction of sp³-hybridized carbons (Fsp3) is 0.444. The molecular weight excluding hydrogens is 306 g/mol. The van der Waals surface area contributed by atoms with Gasteiger partial charge in [-0.1, -0.05) is 30.3 Å². The molecule has 23 heavy (non-hydrogen) atoms. The molecule has 1 aromatic heterocycles. The molecule has 0 saturated carbocycles. The average molecular weight is 329 g/mol. The van der Waals surface area contributed by atoms with Crippen molar-refractivity contribution in [3.8, 4) is 11.3 Å². The van der Waals surface area contributed by atoms with Crippen LogP contribution in [0.5, 0.6) is 0 Å². The number of nitrogens with zero attached hydrogens (tertiary/aromatic N) is 1. The molecule has 122 valence electrons. The maximum Gasteiger partial charge on any atom is 0.220 e. The molecule has 0 aliphatic carbocycles. The Bertz CT molecular complexity index is 635. The second kappa shape index (κ2) is 7.70. The lowest BCUT2D eigenvalue weighted by Gasteiger charge is -2.12. The van der Waals surface area contributed by atoms with E-state index in [1.165, 1.54) is 6.42 Å². The molecule has 0 spiro atoms. The number of benzene rings is 1. The Labute approximate surface area is 141 Å². The molecule has 1 fully saturated rings. The first-order chi connectivity index (χ1) is 11.2. The van der Waals surface area contributed by atoms with Gasteiger partial charge in [0.15, 0.2) is 0 Å². The molecule has 1 aliphatic heterocycles. The lowest BCUT2D eigenvalue weighted by atomic mass is 10.0. The van der Waals surface area contributed by atoms with Gasteiger partial charge in [-0.3, -0.25) is 4.79 Å². The molecule has 5 heteroatoms. The Morgan fingerprint density at radius 2 is 2.26 bits per heavy atom. The summed E-state index contributed by atoms with van der Waals surface area (Å²) in [4.78, 5) is 16.8. The molecule has 2 atom stereocenters. The zero-order valence-corrected chi connectivity index (χ0v) is 14.2. The van der Waals surface area contributed by atoms with Crippen LogP contribution < -0.4 is 10.6 Å². The van der Waals surface area contributed by atoms with E-state index < -0.39 is 0 Å². The Morgan fingerprint density at radius 1 is 1.43 bits per heavy atom. The van der Waals surface area contributed by atoms with Crippen molar-refractivity contribution in [2.24, 2.45) is 5.92 Å². The van der Waals surface area contributed by atoms with Gasteiger partial charge in [0, 0.05) is 17.4 Å². The van der Waals surface area contributed by atoms with Crippen LogP contribution in [0.3, 0.4) is 0 Å². The van der Waals surface area contributed by atoms with Crippen LogP contribution in [-0.4, -0.2) is 24.0 Å². The molecule has 1 amide bonds. The fourth-order valence-electron chi connectivity index (χ4n) is 2.90. The van der Waals surface area contributed by atoms with Crippen LogP contribution in [-0.2, 0) is 4.79 Å². The van der Waals surface area contributed by atoms with E-state index in [0.29, 0.717) is 12.3 Å². The largest absolute Gasteiger partial charge is 0.347 e. The highest BCUT2D eigenvalue weighted by Gasteiger charge is 2.18. The molecular formula is C18H23N3OS. The first-order valence-corrected chi connectivity index (χ1v) is 9.11. The Kier molecular flexibility index (Phi) is 5.41. The van der Waals surface area contributed by atoms with Crippen LogP contribution in [0.4, 0.5) is 0 Å². The summed E-state index contributed by atoms with van der Waals surface area (Å²) in [6.07, 6.45) is 2.77. The normalized spacial score (nSPS) is 18.7. The third-order valence-corrected chi connectivity index (χ3v) is 5.31. The van der Waals surface area contributed by atoms with Crippen LogP contribution >= 0.6 is 11.3 Å². The summed E-state index contributed by atoms with van der Waals surface area (Å²) in [5.74, 6) is 0.779. The standard InChI is InChI=1S/C18H23N3OS/c1-13(20-17(22)8-7-14-9-10-19-11-14)18-21-16(12-23-18)15-5-3-2-4-6-15/h2-6,12-14,19H,7-11H2,1H3,(H,20,22). The summed E-state index contributed by atoms with van der Waals surface area (Å²) in [7, 11) is 0. The van der Waals surface area contributed by atoms with Gasteiger partial charge in [0.05, 0.1) is 11.7 Å². The highest BCUT2D eigenvalue weighted by Crippen LogP contribution is 2.25.